The topological polar surface area (TPSA) is 72.5 Å². The van der Waals surface area contributed by atoms with Gasteiger partial charge in [0.15, 0.2) is 11.5 Å². The highest BCUT2D eigenvalue weighted by atomic mass is 16.7. The Labute approximate surface area is 150 Å². The van der Waals surface area contributed by atoms with Gasteiger partial charge >= 0.3 is 0 Å². The Bertz CT molecular complexity index is 955. The van der Waals surface area contributed by atoms with E-state index in [4.69, 9.17) is 9.47 Å². The number of hydrogen-bond acceptors (Lipinski definition) is 5. The number of pyridine rings is 1. The summed E-state index contributed by atoms with van der Waals surface area (Å²) in [5.41, 5.74) is 3.81. The molecular formula is C20H17N3O3. The monoisotopic (exact) mass is 347 g/mol. The van der Waals surface area contributed by atoms with Crippen LogP contribution in [0, 0.1) is 6.92 Å². The lowest BCUT2D eigenvalue weighted by Crippen LogP contribution is -2.13. The summed E-state index contributed by atoms with van der Waals surface area (Å²) in [6.45, 7) is 2.22. The van der Waals surface area contributed by atoms with Crippen LogP contribution in [-0.2, 0) is 0 Å². The fourth-order valence-electron chi connectivity index (χ4n) is 2.66. The summed E-state index contributed by atoms with van der Waals surface area (Å²) in [7, 11) is 0. The molecule has 0 saturated carbocycles. The lowest BCUT2D eigenvalue weighted by molar-refractivity contribution is 0.102. The van der Waals surface area contributed by atoms with Crippen LogP contribution in [-0.4, -0.2) is 17.7 Å². The van der Waals surface area contributed by atoms with E-state index in [1.807, 2.05) is 55.5 Å². The Kier molecular flexibility index (Phi) is 4.15. The molecule has 0 unspecified atom stereocenters. The van der Waals surface area contributed by atoms with Crippen molar-refractivity contribution >= 4 is 23.0 Å². The van der Waals surface area contributed by atoms with E-state index >= 15 is 0 Å². The Morgan fingerprint density at radius 3 is 2.62 bits per heavy atom. The number of rotatable bonds is 4. The van der Waals surface area contributed by atoms with E-state index < -0.39 is 0 Å². The molecule has 26 heavy (non-hydrogen) atoms. The van der Waals surface area contributed by atoms with Crippen LogP contribution in [0.15, 0.2) is 60.8 Å². The van der Waals surface area contributed by atoms with Gasteiger partial charge in [-0.1, -0.05) is 12.1 Å². The van der Waals surface area contributed by atoms with Crippen molar-refractivity contribution in [3.05, 3.63) is 72.1 Å². The van der Waals surface area contributed by atoms with Crippen molar-refractivity contribution in [3.63, 3.8) is 0 Å². The second-order valence-electron chi connectivity index (χ2n) is 5.95. The molecule has 0 spiro atoms. The molecule has 1 aliphatic rings. The number of nitrogens with one attached hydrogen (secondary N) is 2. The zero-order valence-electron chi connectivity index (χ0n) is 14.2. The van der Waals surface area contributed by atoms with Crippen LogP contribution >= 0.6 is 0 Å². The summed E-state index contributed by atoms with van der Waals surface area (Å²) in [5.74, 6) is 1.19. The number of hydrogen-bond donors (Lipinski definition) is 2. The first-order chi connectivity index (χ1) is 12.7. The highest BCUT2D eigenvalue weighted by Gasteiger charge is 2.13. The molecular weight excluding hydrogens is 330 g/mol. The van der Waals surface area contributed by atoms with Crippen LogP contribution in [0.25, 0.3) is 0 Å². The second-order valence-corrected chi connectivity index (χ2v) is 5.95. The van der Waals surface area contributed by atoms with Gasteiger partial charge in [-0.15, -0.1) is 0 Å². The molecule has 2 heterocycles. The zero-order chi connectivity index (χ0) is 17.9. The number of fused-ring (bicyclic) bond motifs is 1. The van der Waals surface area contributed by atoms with Gasteiger partial charge in [0.25, 0.3) is 5.91 Å². The first kappa shape index (κ1) is 16.0. The number of anilines is 3. The molecule has 6 heteroatoms. The van der Waals surface area contributed by atoms with Gasteiger partial charge < -0.3 is 20.1 Å². The molecule has 2 aromatic carbocycles. The molecule has 0 fully saturated rings. The molecule has 0 bridgehead atoms. The van der Waals surface area contributed by atoms with Gasteiger partial charge in [-0.05, 0) is 48.9 Å². The summed E-state index contributed by atoms with van der Waals surface area (Å²) >= 11 is 0. The third kappa shape index (κ3) is 3.44. The first-order valence-corrected chi connectivity index (χ1v) is 8.18. The second kappa shape index (κ2) is 6.76. The summed E-state index contributed by atoms with van der Waals surface area (Å²) in [4.78, 5) is 16.5. The highest BCUT2D eigenvalue weighted by Crippen LogP contribution is 2.35. The minimum absolute atomic E-state index is 0.241. The number of aryl methyl sites for hydroxylation is 1. The zero-order valence-corrected chi connectivity index (χ0v) is 14.2. The summed E-state index contributed by atoms with van der Waals surface area (Å²) in [6.07, 6.45) is 1.62. The van der Waals surface area contributed by atoms with Crippen LogP contribution in [0.4, 0.5) is 17.1 Å². The SMILES string of the molecule is Cc1cccc(NC(=O)c2ccc(Nc3ccc4c(c3)OCO4)cn2)c1. The van der Waals surface area contributed by atoms with Crippen LogP contribution in [0.1, 0.15) is 16.1 Å². The molecule has 1 aromatic heterocycles. The van der Waals surface area contributed by atoms with Crippen LogP contribution in [0.5, 0.6) is 11.5 Å². The number of carbonyl (C=O) groups is 1. The molecule has 1 amide bonds. The maximum Gasteiger partial charge on any atom is 0.274 e. The van der Waals surface area contributed by atoms with Crippen molar-refractivity contribution in [1.82, 2.24) is 4.98 Å². The number of benzene rings is 2. The smallest absolute Gasteiger partial charge is 0.274 e. The van der Waals surface area contributed by atoms with Crippen molar-refractivity contribution in [2.45, 2.75) is 6.92 Å². The molecule has 2 N–H and O–H groups in total. The molecule has 0 aliphatic carbocycles. The highest BCUT2D eigenvalue weighted by molar-refractivity contribution is 6.03. The summed E-state index contributed by atoms with van der Waals surface area (Å²) in [6, 6.07) is 16.7. The average molecular weight is 347 g/mol. The number of aromatic nitrogens is 1. The minimum atomic E-state index is -0.245. The lowest BCUT2D eigenvalue weighted by Gasteiger charge is -2.08. The fraction of sp³-hybridized carbons (Fsp3) is 0.100. The molecule has 1 aliphatic heterocycles. The number of carbonyl (C=O) groups excluding carboxylic acids is 1. The predicted molar refractivity (Wildman–Crippen MR) is 99.2 cm³/mol. The van der Waals surface area contributed by atoms with Crippen molar-refractivity contribution in [3.8, 4) is 11.5 Å². The van der Waals surface area contributed by atoms with Gasteiger partial charge in [0, 0.05) is 17.4 Å². The Morgan fingerprint density at radius 1 is 0.962 bits per heavy atom. The molecule has 0 radical (unpaired) electrons. The average Bonchev–Trinajstić information content (AvgIpc) is 3.10. The van der Waals surface area contributed by atoms with Crippen LogP contribution < -0.4 is 20.1 Å². The lowest BCUT2D eigenvalue weighted by atomic mass is 10.2. The van der Waals surface area contributed by atoms with Crippen molar-refractivity contribution in [1.29, 1.82) is 0 Å². The Balaban J connectivity index is 1.44. The maximum absolute atomic E-state index is 12.3. The number of ether oxygens (including phenoxy) is 2. The predicted octanol–water partition coefficient (Wildman–Crippen LogP) is 4.11. The largest absolute Gasteiger partial charge is 0.454 e. The summed E-state index contributed by atoms with van der Waals surface area (Å²) in [5, 5.41) is 6.07. The van der Waals surface area contributed by atoms with Crippen molar-refractivity contribution in [2.75, 3.05) is 17.4 Å². The standard InChI is InChI=1S/C20H17N3O3/c1-13-3-2-4-14(9-13)23-20(24)17-7-5-16(11-21-17)22-15-6-8-18-19(10-15)26-12-25-18/h2-11,22H,12H2,1H3,(H,23,24). The van der Waals surface area contributed by atoms with E-state index in [-0.39, 0.29) is 12.7 Å². The van der Waals surface area contributed by atoms with E-state index in [0.29, 0.717) is 11.4 Å². The van der Waals surface area contributed by atoms with Gasteiger partial charge in [0.2, 0.25) is 6.79 Å². The molecule has 0 atom stereocenters. The van der Waals surface area contributed by atoms with Crippen LogP contribution in [0.2, 0.25) is 0 Å². The van der Waals surface area contributed by atoms with Crippen molar-refractivity contribution < 1.29 is 14.3 Å². The first-order valence-electron chi connectivity index (χ1n) is 8.18. The maximum atomic E-state index is 12.3. The Hall–Kier alpha value is -3.54. The quantitative estimate of drug-likeness (QED) is 0.743. The molecule has 4 rings (SSSR count). The molecule has 3 aromatic rings. The van der Waals surface area contributed by atoms with Gasteiger partial charge in [0.1, 0.15) is 5.69 Å². The number of amides is 1. The van der Waals surface area contributed by atoms with E-state index in [1.54, 1.807) is 12.3 Å². The van der Waals surface area contributed by atoms with Gasteiger partial charge in [-0.25, -0.2) is 4.98 Å². The number of nitrogens with zero attached hydrogens (tertiary/aromatic N) is 1. The minimum Gasteiger partial charge on any atom is -0.454 e. The Morgan fingerprint density at radius 2 is 1.81 bits per heavy atom. The summed E-state index contributed by atoms with van der Waals surface area (Å²) < 4.78 is 10.7. The molecule has 130 valence electrons. The van der Waals surface area contributed by atoms with Crippen LogP contribution in [0.3, 0.4) is 0 Å². The van der Waals surface area contributed by atoms with E-state index in [1.165, 1.54) is 0 Å². The van der Waals surface area contributed by atoms with Gasteiger partial charge in [-0.2, -0.15) is 0 Å². The normalized spacial score (nSPS) is 11.9. The molecule has 0 saturated heterocycles. The molecule has 6 nitrogen and oxygen atoms in total. The van der Waals surface area contributed by atoms with E-state index in [9.17, 15) is 4.79 Å². The van der Waals surface area contributed by atoms with E-state index in [0.717, 1.165) is 28.4 Å². The van der Waals surface area contributed by atoms with Crippen molar-refractivity contribution in [2.24, 2.45) is 0 Å². The van der Waals surface area contributed by atoms with E-state index in [2.05, 4.69) is 15.6 Å². The third-order valence-electron chi connectivity index (χ3n) is 3.93. The van der Waals surface area contributed by atoms with Gasteiger partial charge in [-0.3, -0.25) is 4.79 Å². The van der Waals surface area contributed by atoms with Gasteiger partial charge in [0.05, 0.1) is 11.9 Å². The third-order valence-corrected chi connectivity index (χ3v) is 3.93. The fourth-order valence-corrected chi connectivity index (χ4v) is 2.66.